The summed E-state index contributed by atoms with van der Waals surface area (Å²) in [6.45, 7) is 15.6. The molecule has 0 rings (SSSR count). The molecule has 0 bridgehead atoms. The van der Waals surface area contributed by atoms with Crippen molar-refractivity contribution < 1.29 is 13.3 Å². The Morgan fingerprint density at radius 2 is 1.40 bits per heavy atom. The van der Waals surface area contributed by atoms with Crippen molar-refractivity contribution in [3.05, 3.63) is 0 Å². The van der Waals surface area contributed by atoms with Crippen LogP contribution in [0.15, 0.2) is 0 Å². The monoisotopic (exact) mass is 323 g/mol. The molecule has 0 saturated carbocycles. The van der Waals surface area contributed by atoms with Gasteiger partial charge < -0.3 is 17.8 Å². The van der Waals surface area contributed by atoms with Crippen molar-refractivity contribution in [3.63, 3.8) is 0 Å². The second-order valence-corrected chi connectivity index (χ2v) is 14.0. The van der Waals surface area contributed by atoms with Gasteiger partial charge in [0.25, 0.3) is 0 Å². The van der Waals surface area contributed by atoms with E-state index >= 15 is 0 Å². The quantitative estimate of drug-likeness (QED) is 0.672. The van der Waals surface area contributed by atoms with E-state index in [2.05, 4.69) is 52.4 Å². The van der Waals surface area contributed by atoms with Crippen LogP contribution in [0.5, 0.6) is 0 Å². The van der Waals surface area contributed by atoms with E-state index in [-0.39, 0.29) is 0 Å². The third-order valence-electron chi connectivity index (χ3n) is 4.21. The lowest BCUT2D eigenvalue weighted by atomic mass is 10.2. The highest BCUT2D eigenvalue weighted by atomic mass is 28.3. The first-order chi connectivity index (χ1) is 9.08. The van der Waals surface area contributed by atoms with Crippen LogP contribution >= 0.6 is 0 Å². The lowest BCUT2D eigenvalue weighted by molar-refractivity contribution is 0.163. The molecule has 0 fully saturated rings. The number of unbranched alkanes of at least 4 members (excludes halogenated alkanes) is 1. The summed E-state index contributed by atoms with van der Waals surface area (Å²) in [6.07, 6.45) is 2.64. The molecule has 0 saturated heterocycles. The fraction of sp³-hybridized carbons (Fsp3) is 1.00. The Morgan fingerprint density at radius 1 is 1.00 bits per heavy atom. The second kappa shape index (κ2) is 10.9. The molecule has 0 aromatic rings. The van der Waals surface area contributed by atoms with Gasteiger partial charge in [-0.3, -0.25) is 0 Å². The predicted octanol–water partition coefficient (Wildman–Crippen LogP) is 3.37. The standard InChI is InChI=1S/C11H27NSi.C3H10O3Si/c1-8-9-10-12(5)13(6,7)11(2,3)4;1-4-7(5-2)6-3/h8-10H2,1-7H3;7H,1-3H3. The van der Waals surface area contributed by atoms with Crippen LogP contribution in [0.25, 0.3) is 0 Å². The van der Waals surface area contributed by atoms with Crippen LogP contribution in [0.1, 0.15) is 40.5 Å². The van der Waals surface area contributed by atoms with Crippen LogP contribution in [0.3, 0.4) is 0 Å². The summed E-state index contributed by atoms with van der Waals surface area (Å²) in [5, 5.41) is 0.482. The Hall–Kier alpha value is 0.274. The molecule has 0 N–H and O–H groups in total. The van der Waals surface area contributed by atoms with E-state index in [0.29, 0.717) is 5.04 Å². The van der Waals surface area contributed by atoms with Gasteiger partial charge in [0.15, 0.2) is 0 Å². The first-order valence-corrected chi connectivity index (χ1v) is 11.7. The highest BCUT2D eigenvalue weighted by Gasteiger charge is 2.38. The summed E-state index contributed by atoms with van der Waals surface area (Å²) in [6, 6.07) is 0. The topological polar surface area (TPSA) is 30.9 Å². The summed E-state index contributed by atoms with van der Waals surface area (Å²) in [4.78, 5) is 0. The third kappa shape index (κ3) is 8.54. The van der Waals surface area contributed by atoms with Crippen LogP contribution in [0.4, 0.5) is 0 Å². The van der Waals surface area contributed by atoms with Crippen molar-refractivity contribution in [1.29, 1.82) is 0 Å². The molecule has 0 atom stereocenters. The molecule has 0 aliphatic carbocycles. The zero-order valence-corrected chi connectivity index (χ0v) is 17.5. The molecule has 124 valence electrons. The first kappa shape index (κ1) is 22.6. The minimum Gasteiger partial charge on any atom is -0.379 e. The van der Waals surface area contributed by atoms with Crippen LogP contribution < -0.4 is 0 Å². The highest BCUT2D eigenvalue weighted by Crippen LogP contribution is 2.37. The van der Waals surface area contributed by atoms with Gasteiger partial charge in [0.2, 0.25) is 0 Å². The van der Waals surface area contributed by atoms with Crippen LogP contribution in [0, 0.1) is 0 Å². The second-order valence-electron chi connectivity index (χ2n) is 6.58. The average molecular weight is 324 g/mol. The number of rotatable bonds is 7. The van der Waals surface area contributed by atoms with Crippen molar-refractivity contribution >= 4 is 17.8 Å². The number of nitrogens with zero attached hydrogens (tertiary/aromatic N) is 1. The van der Waals surface area contributed by atoms with Gasteiger partial charge >= 0.3 is 9.53 Å². The molecule has 0 spiro atoms. The number of hydrogen-bond acceptors (Lipinski definition) is 4. The van der Waals surface area contributed by atoms with Gasteiger partial charge in [-0.25, -0.2) is 0 Å². The molecule has 0 radical (unpaired) electrons. The van der Waals surface area contributed by atoms with Crippen LogP contribution in [-0.2, 0) is 13.3 Å². The largest absolute Gasteiger partial charge is 0.483 e. The zero-order chi connectivity index (χ0) is 16.4. The molecule has 6 heteroatoms. The Bertz CT molecular complexity index is 223. The van der Waals surface area contributed by atoms with Gasteiger partial charge in [0.05, 0.1) is 0 Å². The minimum absolute atomic E-state index is 0.482. The Morgan fingerprint density at radius 3 is 1.60 bits per heavy atom. The Labute approximate surface area is 129 Å². The van der Waals surface area contributed by atoms with Gasteiger partial charge in [0, 0.05) is 21.3 Å². The van der Waals surface area contributed by atoms with E-state index in [1.54, 1.807) is 21.3 Å². The lowest BCUT2D eigenvalue weighted by Gasteiger charge is -2.44. The SMILES string of the molecule is CCCCN(C)[Si](C)(C)C(C)(C)C.CO[SiH](OC)OC. The molecule has 0 aliphatic rings. The third-order valence-corrected chi connectivity index (χ3v) is 11.2. The maximum Gasteiger partial charge on any atom is 0.483 e. The predicted molar refractivity (Wildman–Crippen MR) is 92.9 cm³/mol. The zero-order valence-electron chi connectivity index (χ0n) is 15.4. The van der Waals surface area contributed by atoms with E-state index in [0.717, 1.165) is 0 Å². The van der Waals surface area contributed by atoms with E-state index < -0.39 is 17.8 Å². The average Bonchev–Trinajstić information content (AvgIpc) is 2.37. The van der Waals surface area contributed by atoms with Crippen molar-refractivity contribution in [1.82, 2.24) is 4.57 Å². The number of hydrogen-bond donors (Lipinski definition) is 0. The van der Waals surface area contributed by atoms with Gasteiger partial charge in [-0.2, -0.15) is 0 Å². The summed E-state index contributed by atoms with van der Waals surface area (Å²) in [7, 11) is 4.14. The molecule has 0 unspecified atom stereocenters. The smallest absolute Gasteiger partial charge is 0.379 e. The Kier molecular flexibility index (Phi) is 12.3. The normalized spacial score (nSPS) is 12.6. The van der Waals surface area contributed by atoms with Crippen molar-refractivity contribution in [2.24, 2.45) is 0 Å². The maximum absolute atomic E-state index is 4.74. The van der Waals surface area contributed by atoms with E-state index in [1.807, 2.05) is 0 Å². The fourth-order valence-corrected chi connectivity index (χ4v) is 3.98. The molecular formula is C14H37NO3Si2. The van der Waals surface area contributed by atoms with Gasteiger partial charge in [-0.1, -0.05) is 47.2 Å². The molecule has 0 amide bonds. The van der Waals surface area contributed by atoms with E-state index in [1.165, 1.54) is 19.4 Å². The molecule has 20 heavy (non-hydrogen) atoms. The molecule has 0 aromatic heterocycles. The van der Waals surface area contributed by atoms with Gasteiger partial charge in [-0.05, 0) is 25.1 Å². The van der Waals surface area contributed by atoms with E-state index in [9.17, 15) is 0 Å². The first-order valence-electron chi connectivity index (χ1n) is 7.38. The minimum atomic E-state index is -1.67. The Balaban J connectivity index is 0. The van der Waals surface area contributed by atoms with Crippen molar-refractivity contribution in [2.75, 3.05) is 34.9 Å². The fourth-order valence-electron chi connectivity index (χ4n) is 1.54. The van der Waals surface area contributed by atoms with Crippen molar-refractivity contribution in [2.45, 2.75) is 58.7 Å². The summed E-state index contributed by atoms with van der Waals surface area (Å²) >= 11 is 0. The summed E-state index contributed by atoms with van der Waals surface area (Å²) in [5.41, 5.74) is 0. The van der Waals surface area contributed by atoms with Crippen LogP contribution in [0.2, 0.25) is 18.1 Å². The maximum atomic E-state index is 4.74. The molecular weight excluding hydrogens is 286 g/mol. The molecule has 0 aromatic carbocycles. The van der Waals surface area contributed by atoms with Gasteiger partial charge in [-0.15, -0.1) is 0 Å². The molecule has 0 aliphatic heterocycles. The van der Waals surface area contributed by atoms with Gasteiger partial charge in [0.1, 0.15) is 8.24 Å². The summed E-state index contributed by atoms with van der Waals surface area (Å²) < 4.78 is 16.9. The van der Waals surface area contributed by atoms with Crippen LogP contribution in [-0.4, -0.2) is 57.3 Å². The molecule has 4 nitrogen and oxygen atoms in total. The highest BCUT2D eigenvalue weighted by molar-refractivity contribution is 6.77. The van der Waals surface area contributed by atoms with E-state index in [4.69, 9.17) is 13.3 Å². The lowest BCUT2D eigenvalue weighted by Crippen LogP contribution is -2.53. The van der Waals surface area contributed by atoms with Crippen molar-refractivity contribution in [3.8, 4) is 0 Å². The molecule has 0 heterocycles. The summed E-state index contributed by atoms with van der Waals surface area (Å²) in [5.74, 6) is 0.